The predicted octanol–water partition coefficient (Wildman–Crippen LogP) is 7.03. The second-order valence-electron chi connectivity index (χ2n) is 15.6. The van der Waals surface area contributed by atoms with Crippen LogP contribution in [-0.4, -0.2) is 59.9 Å². The fraction of sp³-hybridized carbons (Fsp3) is 0.300. The van der Waals surface area contributed by atoms with Gasteiger partial charge in [0.15, 0.2) is 5.82 Å². The molecule has 22 heteroatoms. The fourth-order valence-corrected chi connectivity index (χ4v) is 9.45. The lowest BCUT2D eigenvalue weighted by atomic mass is 10.0. The molecule has 322 valence electrons. The van der Waals surface area contributed by atoms with Crippen molar-refractivity contribution in [1.82, 2.24) is 44.6 Å². The van der Waals surface area contributed by atoms with Crippen LogP contribution in [0, 0.1) is 31.4 Å². The number of aromatic amines is 1. The minimum Gasteiger partial charge on any atom is -0.344 e. The molecule has 0 spiro atoms. The number of carbonyl (C=O) groups is 1. The van der Waals surface area contributed by atoms with Crippen molar-refractivity contribution in [3.63, 3.8) is 0 Å². The van der Waals surface area contributed by atoms with Crippen molar-refractivity contribution < 1.29 is 39.6 Å². The highest BCUT2D eigenvalue weighted by Gasteiger charge is 2.67. The van der Waals surface area contributed by atoms with Gasteiger partial charge in [-0.05, 0) is 73.7 Å². The smallest absolute Gasteiger partial charge is 0.293 e. The zero-order chi connectivity index (χ0) is 44.3. The van der Waals surface area contributed by atoms with Gasteiger partial charge in [-0.2, -0.15) is 24.1 Å². The number of hydrogen-bond donors (Lipinski definition) is 3. The number of hydrogen-bond acceptors (Lipinski definition) is 8. The number of nitrogens with one attached hydrogen (secondary N) is 3. The molecule has 0 bridgehead atoms. The first-order valence-electron chi connectivity index (χ1n) is 18.9. The minimum absolute atomic E-state index is 0.00305. The Kier molecular flexibility index (Phi) is 9.58. The SMILES string of the molecule is Cc1n[nH]c(C)c1-c1ccc2c(=O)n(-c3ccc(Cl)c4c(NS(C)(=O)=O)nn(C)c34)c([C@H](Cc3cc(F)cc(F)c3)NC(=O)Cn3nc(C(F)F)c4c3C(F)(F)[C@@H]3C[C@H]43)nc2c1. The molecular formula is C40H33ClF6N10O4S. The average Bonchev–Trinajstić information content (AvgIpc) is 3.53. The highest BCUT2D eigenvalue weighted by molar-refractivity contribution is 7.92. The molecule has 7 aromatic rings. The first-order chi connectivity index (χ1) is 29.2. The third-order valence-electron chi connectivity index (χ3n) is 11.2. The molecule has 2 aliphatic rings. The van der Waals surface area contributed by atoms with E-state index in [4.69, 9.17) is 16.6 Å². The predicted molar refractivity (Wildman–Crippen MR) is 215 cm³/mol. The van der Waals surface area contributed by atoms with E-state index < -0.39 is 87.7 Å². The molecule has 4 aromatic heterocycles. The van der Waals surface area contributed by atoms with Gasteiger partial charge in [0.1, 0.15) is 35.4 Å². The largest absolute Gasteiger partial charge is 0.344 e. The van der Waals surface area contributed by atoms with Gasteiger partial charge >= 0.3 is 0 Å². The molecule has 1 amide bonds. The third kappa shape index (κ3) is 6.86. The number of alkyl halides is 4. The van der Waals surface area contributed by atoms with E-state index in [0.29, 0.717) is 33.3 Å². The number of anilines is 1. The van der Waals surface area contributed by atoms with E-state index >= 15 is 13.6 Å². The minimum atomic E-state index is -3.91. The van der Waals surface area contributed by atoms with Crippen molar-refractivity contribution in [1.29, 1.82) is 0 Å². The lowest BCUT2D eigenvalue weighted by molar-refractivity contribution is -0.123. The van der Waals surface area contributed by atoms with Crippen LogP contribution in [0.25, 0.3) is 38.6 Å². The summed E-state index contributed by atoms with van der Waals surface area (Å²) in [7, 11) is -2.45. The number of benzene rings is 3. The molecule has 0 saturated heterocycles. The summed E-state index contributed by atoms with van der Waals surface area (Å²) < 4.78 is 119. The number of halogens is 7. The number of aryl methyl sites for hydroxylation is 3. The van der Waals surface area contributed by atoms with E-state index in [0.717, 1.165) is 23.0 Å². The Morgan fingerprint density at radius 1 is 1.06 bits per heavy atom. The first-order valence-corrected chi connectivity index (χ1v) is 21.2. The summed E-state index contributed by atoms with van der Waals surface area (Å²) in [5.41, 5.74) is 0.214. The van der Waals surface area contributed by atoms with Crippen molar-refractivity contribution in [2.45, 2.75) is 57.5 Å². The Morgan fingerprint density at radius 3 is 2.45 bits per heavy atom. The number of amides is 1. The molecule has 62 heavy (non-hydrogen) atoms. The van der Waals surface area contributed by atoms with Gasteiger partial charge in [0.05, 0.1) is 50.5 Å². The molecule has 2 aliphatic carbocycles. The van der Waals surface area contributed by atoms with Gasteiger partial charge in [-0.15, -0.1) is 0 Å². The Bertz CT molecular complexity index is 3180. The summed E-state index contributed by atoms with van der Waals surface area (Å²) in [5.74, 6) is -9.00. The van der Waals surface area contributed by atoms with Crippen LogP contribution in [0.5, 0.6) is 0 Å². The van der Waals surface area contributed by atoms with Gasteiger partial charge in [0.25, 0.3) is 17.9 Å². The molecule has 0 radical (unpaired) electrons. The van der Waals surface area contributed by atoms with Gasteiger partial charge in [-0.1, -0.05) is 17.7 Å². The Hall–Kier alpha value is -6.22. The van der Waals surface area contributed by atoms with Crippen LogP contribution in [0.15, 0.2) is 53.3 Å². The second kappa shape index (κ2) is 14.4. The molecule has 0 unspecified atom stereocenters. The maximum absolute atomic E-state index is 15.5. The van der Waals surface area contributed by atoms with Crippen molar-refractivity contribution >= 4 is 55.2 Å². The zero-order valence-electron chi connectivity index (χ0n) is 32.9. The number of carbonyl (C=O) groups excluding carboxylic acids is 1. The van der Waals surface area contributed by atoms with Crippen molar-refractivity contribution in [2.24, 2.45) is 13.0 Å². The Morgan fingerprint density at radius 2 is 1.79 bits per heavy atom. The molecule has 3 N–H and O–H groups in total. The van der Waals surface area contributed by atoms with Crippen LogP contribution < -0.4 is 15.6 Å². The quantitative estimate of drug-likeness (QED) is 0.116. The van der Waals surface area contributed by atoms with Gasteiger partial charge in [-0.25, -0.2) is 31.0 Å². The van der Waals surface area contributed by atoms with Crippen molar-refractivity contribution in [3.05, 3.63) is 115 Å². The highest BCUT2D eigenvalue weighted by Crippen LogP contribution is 2.68. The van der Waals surface area contributed by atoms with Crippen LogP contribution in [0.1, 0.15) is 64.5 Å². The van der Waals surface area contributed by atoms with E-state index in [1.54, 1.807) is 26.0 Å². The Balaban J connectivity index is 1.27. The second-order valence-corrected chi connectivity index (χ2v) is 17.7. The number of nitrogens with zero attached hydrogens (tertiary/aromatic N) is 7. The van der Waals surface area contributed by atoms with Gasteiger partial charge < -0.3 is 5.32 Å². The monoisotopic (exact) mass is 898 g/mol. The highest BCUT2D eigenvalue weighted by atomic mass is 35.5. The van der Waals surface area contributed by atoms with E-state index in [2.05, 4.69) is 30.4 Å². The van der Waals surface area contributed by atoms with Gasteiger partial charge in [0.2, 0.25) is 15.9 Å². The maximum atomic E-state index is 15.5. The van der Waals surface area contributed by atoms with Crippen molar-refractivity contribution in [3.8, 4) is 16.8 Å². The molecule has 0 aliphatic heterocycles. The summed E-state index contributed by atoms with van der Waals surface area (Å²) in [6.07, 6.45) is -2.76. The van der Waals surface area contributed by atoms with Crippen LogP contribution in [0.2, 0.25) is 5.02 Å². The van der Waals surface area contributed by atoms with E-state index in [1.807, 2.05) is 0 Å². The van der Waals surface area contributed by atoms with Crippen LogP contribution in [0.3, 0.4) is 0 Å². The topological polar surface area (TPSA) is 174 Å². The molecular weight excluding hydrogens is 866 g/mol. The van der Waals surface area contributed by atoms with Crippen LogP contribution in [0.4, 0.5) is 32.2 Å². The molecule has 9 rings (SSSR count). The fourth-order valence-electron chi connectivity index (χ4n) is 8.71. The first kappa shape index (κ1) is 41.1. The number of rotatable bonds is 11. The lowest BCUT2D eigenvalue weighted by Gasteiger charge is -2.24. The summed E-state index contributed by atoms with van der Waals surface area (Å²) in [5, 5.41) is 18.1. The van der Waals surface area contributed by atoms with Crippen LogP contribution in [-0.2, 0) is 40.8 Å². The zero-order valence-corrected chi connectivity index (χ0v) is 34.4. The lowest BCUT2D eigenvalue weighted by Crippen LogP contribution is -2.38. The molecule has 14 nitrogen and oxygen atoms in total. The van der Waals surface area contributed by atoms with Crippen molar-refractivity contribution in [2.75, 3.05) is 11.0 Å². The Labute approximate surface area is 351 Å². The average molecular weight is 899 g/mol. The summed E-state index contributed by atoms with van der Waals surface area (Å²) >= 11 is 6.63. The molecule has 1 saturated carbocycles. The van der Waals surface area contributed by atoms with Gasteiger partial charge in [-0.3, -0.25) is 33.3 Å². The summed E-state index contributed by atoms with van der Waals surface area (Å²) in [6, 6.07) is 8.71. The maximum Gasteiger partial charge on any atom is 0.293 e. The standard InChI is InChI=1S/C40H33ClF6N10O4S/c1-16-30(17(2)51-50-16)19-5-6-22-26(12-19)49-38(57(39(22)59)28-8-7-25(41)32-34(28)55(3)53-37(32)54-62(4,60)61)27(11-18-9-20(42)13-21(43)10-18)48-29(58)15-56-35-31(33(52-56)36(44)45)23-14-24(23)40(35,46)47/h5-10,12-13,23-24,27,36H,11,14-15H2,1-4H3,(H,48,58)(H,50,51)(H,53,54)/t23-,24+,27-/m0/s1. The molecule has 3 atom stereocenters. The van der Waals surface area contributed by atoms with E-state index in [1.165, 1.54) is 29.9 Å². The van der Waals surface area contributed by atoms with E-state index in [-0.39, 0.29) is 61.7 Å². The number of sulfonamides is 1. The molecule has 1 fully saturated rings. The number of fused-ring (bicyclic) bond motifs is 5. The van der Waals surface area contributed by atoms with E-state index in [9.17, 15) is 30.8 Å². The number of H-pyrrole nitrogens is 1. The summed E-state index contributed by atoms with van der Waals surface area (Å²) in [4.78, 5) is 34.1. The third-order valence-corrected chi connectivity index (χ3v) is 12.1. The molecule has 4 heterocycles. The van der Waals surface area contributed by atoms with Crippen LogP contribution >= 0.6 is 11.6 Å². The normalized spacial score (nSPS) is 17.2. The van der Waals surface area contributed by atoms with Gasteiger partial charge in [0, 0.05) is 42.3 Å². The number of aromatic nitrogens is 8. The molecule has 3 aromatic carbocycles. The summed E-state index contributed by atoms with van der Waals surface area (Å²) in [6.45, 7) is 2.59.